The van der Waals surface area contributed by atoms with Crippen LogP contribution < -0.4 is 10.2 Å². The van der Waals surface area contributed by atoms with E-state index in [-0.39, 0.29) is 12.5 Å². The van der Waals surface area contributed by atoms with Crippen LogP contribution >= 0.6 is 11.6 Å². The van der Waals surface area contributed by atoms with E-state index in [1.165, 1.54) is 23.9 Å². The number of fused-ring (bicyclic) bond motifs is 2. The highest BCUT2D eigenvalue weighted by Gasteiger charge is 2.42. The third-order valence-corrected chi connectivity index (χ3v) is 8.06. The summed E-state index contributed by atoms with van der Waals surface area (Å²) >= 11 is 6.18. The molecule has 11 nitrogen and oxygen atoms in total. The highest BCUT2D eigenvalue weighted by Crippen LogP contribution is 2.39. The Kier molecular flexibility index (Phi) is 7.01. The number of methoxy groups -OCH3 is 1. The summed E-state index contributed by atoms with van der Waals surface area (Å²) in [7, 11) is 1.83. The molecule has 1 saturated carbocycles. The number of hydrogen-bond donors (Lipinski definition) is 1. The number of aromatic nitrogens is 7. The molecule has 1 amide bonds. The standard InChI is InChI=1S/C27H30ClN9O2/c1-17-18(5-8-25(32-17)35-12-19-3-4-20(13-35)26(19)39-2)14-36-15-22(11-31-36)27(38)29-10-21-9-23(28)6-7-24(21)37-16-30-33-34-37/h5-9,11,15-16,19-20,26H,3-4,10,12-14H2,1-2H3,(H,29,38)/t19-,20+,26+. The molecule has 0 spiro atoms. The van der Waals surface area contributed by atoms with Crippen LogP contribution in [0.3, 0.4) is 0 Å². The van der Waals surface area contributed by atoms with Crippen molar-refractivity contribution in [3.05, 3.63) is 76.5 Å². The van der Waals surface area contributed by atoms with Gasteiger partial charge in [0.15, 0.2) is 0 Å². The normalized spacial score (nSPS) is 20.4. The second kappa shape index (κ2) is 10.7. The van der Waals surface area contributed by atoms with Gasteiger partial charge in [0, 0.05) is 55.5 Å². The van der Waals surface area contributed by atoms with Crippen LogP contribution in [-0.2, 0) is 17.8 Å². The molecule has 1 N–H and O–H groups in total. The van der Waals surface area contributed by atoms with Gasteiger partial charge in [-0.05, 0) is 65.6 Å². The molecule has 0 radical (unpaired) electrons. The Morgan fingerprint density at radius 3 is 2.69 bits per heavy atom. The van der Waals surface area contributed by atoms with Gasteiger partial charge < -0.3 is 15.0 Å². The van der Waals surface area contributed by atoms with Crippen LogP contribution in [0.1, 0.15) is 40.0 Å². The third kappa shape index (κ3) is 5.24. The Morgan fingerprint density at radius 1 is 1.15 bits per heavy atom. The summed E-state index contributed by atoms with van der Waals surface area (Å²) in [6.07, 6.45) is 7.65. The van der Waals surface area contributed by atoms with Crippen molar-refractivity contribution in [3.8, 4) is 5.69 Å². The van der Waals surface area contributed by atoms with E-state index in [9.17, 15) is 4.79 Å². The smallest absolute Gasteiger partial charge is 0.254 e. The lowest BCUT2D eigenvalue weighted by molar-refractivity contribution is 0.0294. The summed E-state index contributed by atoms with van der Waals surface area (Å²) in [5.41, 5.74) is 4.03. The lowest BCUT2D eigenvalue weighted by Crippen LogP contribution is -2.46. The Balaban J connectivity index is 1.09. The van der Waals surface area contributed by atoms with Crippen LogP contribution in [0.15, 0.2) is 49.1 Å². The van der Waals surface area contributed by atoms with Crippen molar-refractivity contribution in [3.63, 3.8) is 0 Å². The fourth-order valence-electron chi connectivity index (χ4n) is 5.87. The number of carbonyl (C=O) groups excluding carboxylic acids is 1. The first-order chi connectivity index (χ1) is 19.0. The van der Waals surface area contributed by atoms with Crippen LogP contribution in [-0.4, -0.2) is 67.2 Å². The number of piperidine rings is 1. The molecule has 3 atom stereocenters. The van der Waals surface area contributed by atoms with E-state index < -0.39 is 0 Å². The topological polar surface area (TPSA) is 116 Å². The van der Waals surface area contributed by atoms with Gasteiger partial charge in [0.05, 0.1) is 30.1 Å². The number of hydrogen-bond acceptors (Lipinski definition) is 8. The van der Waals surface area contributed by atoms with E-state index in [1.807, 2.05) is 20.1 Å². The number of ether oxygens (including phenoxy) is 1. The van der Waals surface area contributed by atoms with Gasteiger partial charge in [0.25, 0.3) is 5.91 Å². The van der Waals surface area contributed by atoms with Gasteiger partial charge in [-0.2, -0.15) is 5.10 Å². The van der Waals surface area contributed by atoms with Crippen LogP contribution in [0.25, 0.3) is 5.69 Å². The van der Waals surface area contributed by atoms with Crippen molar-refractivity contribution in [1.29, 1.82) is 0 Å². The van der Waals surface area contributed by atoms with Gasteiger partial charge >= 0.3 is 0 Å². The average Bonchev–Trinajstić information content (AvgIpc) is 3.68. The number of anilines is 1. The Morgan fingerprint density at radius 2 is 1.97 bits per heavy atom. The van der Waals surface area contributed by atoms with E-state index in [0.717, 1.165) is 41.4 Å². The van der Waals surface area contributed by atoms with Gasteiger partial charge in [-0.3, -0.25) is 9.48 Å². The second-order valence-corrected chi connectivity index (χ2v) is 10.7. The summed E-state index contributed by atoms with van der Waals surface area (Å²) in [6.45, 7) is 4.80. The maximum absolute atomic E-state index is 12.9. The molecule has 2 aliphatic rings. The molecule has 202 valence electrons. The largest absolute Gasteiger partial charge is 0.381 e. The van der Waals surface area contributed by atoms with Gasteiger partial charge in [-0.1, -0.05) is 17.7 Å². The lowest BCUT2D eigenvalue weighted by Gasteiger charge is -2.38. The SMILES string of the molecule is CO[C@H]1[C@@H]2CC[C@H]1CN(c1ccc(Cn3cc(C(=O)NCc4cc(Cl)ccc4-n4cnnn4)cn3)c(C)n1)C2. The van der Waals surface area contributed by atoms with Gasteiger partial charge in [-0.25, -0.2) is 9.67 Å². The van der Waals surface area contributed by atoms with Gasteiger partial charge in [-0.15, -0.1) is 5.10 Å². The number of carbonyl (C=O) groups is 1. The molecule has 1 aromatic carbocycles. The summed E-state index contributed by atoms with van der Waals surface area (Å²) in [5, 5.41) is 19.2. The number of nitrogens with zero attached hydrogens (tertiary/aromatic N) is 8. The molecule has 2 bridgehead atoms. The molecule has 1 aliphatic heterocycles. The summed E-state index contributed by atoms with van der Waals surface area (Å²) in [6, 6.07) is 9.56. The number of pyridine rings is 1. The number of benzene rings is 1. The number of amides is 1. The third-order valence-electron chi connectivity index (χ3n) is 7.83. The first kappa shape index (κ1) is 25.4. The van der Waals surface area contributed by atoms with Gasteiger partial charge in [0.1, 0.15) is 12.1 Å². The molecule has 3 aromatic heterocycles. The molecule has 12 heteroatoms. The van der Waals surface area contributed by atoms with Crippen molar-refractivity contribution in [2.75, 3.05) is 25.1 Å². The predicted molar refractivity (Wildman–Crippen MR) is 145 cm³/mol. The van der Waals surface area contributed by atoms with Crippen molar-refractivity contribution in [1.82, 2.24) is 40.3 Å². The van der Waals surface area contributed by atoms with E-state index in [4.69, 9.17) is 21.3 Å². The van der Waals surface area contributed by atoms with Crippen LogP contribution in [0.2, 0.25) is 5.02 Å². The van der Waals surface area contributed by atoms with E-state index >= 15 is 0 Å². The summed E-state index contributed by atoms with van der Waals surface area (Å²) in [4.78, 5) is 20.2. The molecular formula is C27H30ClN9O2. The molecule has 1 saturated heterocycles. The fourth-order valence-corrected chi connectivity index (χ4v) is 6.07. The minimum Gasteiger partial charge on any atom is -0.381 e. The molecule has 4 heterocycles. The van der Waals surface area contributed by atoms with Crippen molar-refractivity contribution in [2.24, 2.45) is 11.8 Å². The first-order valence-electron chi connectivity index (χ1n) is 13.0. The minimum atomic E-state index is -0.233. The summed E-state index contributed by atoms with van der Waals surface area (Å²) in [5.74, 6) is 1.94. The van der Waals surface area contributed by atoms with E-state index in [0.29, 0.717) is 35.1 Å². The molecule has 39 heavy (non-hydrogen) atoms. The molecule has 0 unspecified atom stereocenters. The van der Waals surface area contributed by atoms with E-state index in [1.54, 1.807) is 29.2 Å². The monoisotopic (exact) mass is 547 g/mol. The molecule has 1 aliphatic carbocycles. The Bertz CT molecular complexity index is 1460. The quantitative estimate of drug-likeness (QED) is 0.358. The molecule has 2 fully saturated rings. The predicted octanol–water partition coefficient (Wildman–Crippen LogP) is 3.06. The molecule has 4 aromatic rings. The maximum atomic E-state index is 12.9. The van der Waals surface area contributed by atoms with E-state index in [2.05, 4.69) is 43.0 Å². The molecule has 6 rings (SSSR count). The highest BCUT2D eigenvalue weighted by molar-refractivity contribution is 6.30. The zero-order valence-electron chi connectivity index (χ0n) is 21.9. The fraction of sp³-hybridized carbons (Fsp3) is 0.407. The number of rotatable bonds is 8. The zero-order chi connectivity index (χ0) is 26.9. The van der Waals surface area contributed by atoms with Gasteiger partial charge in [0.2, 0.25) is 0 Å². The number of nitrogens with one attached hydrogen (secondary N) is 1. The number of halogens is 1. The average molecular weight is 548 g/mol. The maximum Gasteiger partial charge on any atom is 0.254 e. The van der Waals surface area contributed by atoms with Crippen LogP contribution in [0.4, 0.5) is 5.82 Å². The lowest BCUT2D eigenvalue weighted by atomic mass is 9.95. The zero-order valence-corrected chi connectivity index (χ0v) is 22.6. The minimum absolute atomic E-state index is 0.233. The number of tetrazole rings is 1. The Labute approximate surface area is 231 Å². The Hall–Kier alpha value is -3.83. The summed E-state index contributed by atoms with van der Waals surface area (Å²) < 4.78 is 9.04. The molecular weight excluding hydrogens is 518 g/mol. The number of aryl methyl sites for hydroxylation is 1. The highest BCUT2D eigenvalue weighted by atomic mass is 35.5. The first-order valence-corrected chi connectivity index (χ1v) is 13.4. The van der Waals surface area contributed by atoms with Crippen molar-refractivity contribution < 1.29 is 9.53 Å². The second-order valence-electron chi connectivity index (χ2n) is 10.3. The van der Waals surface area contributed by atoms with Crippen molar-refractivity contribution >= 4 is 23.3 Å². The van der Waals surface area contributed by atoms with Crippen molar-refractivity contribution in [2.45, 2.75) is 39.0 Å². The van der Waals surface area contributed by atoms with Crippen LogP contribution in [0, 0.1) is 18.8 Å². The van der Waals surface area contributed by atoms with Crippen LogP contribution in [0.5, 0.6) is 0 Å².